The zero-order valence-electron chi connectivity index (χ0n) is 13.7. The fourth-order valence-electron chi connectivity index (χ4n) is 1.54. The summed E-state index contributed by atoms with van der Waals surface area (Å²) in [6.07, 6.45) is -0.810. The minimum Gasteiger partial charge on any atom is -0.481 e. The SMILES string of the molecule is CC(NC(=O)C(N)CS)C(=O)NC(C)C(=O)NC(CC(=O)O)C(=O)O. The molecule has 0 heterocycles. The molecule has 142 valence electrons. The molecule has 0 aliphatic carbocycles. The number of hydrogen-bond donors (Lipinski definition) is 7. The van der Waals surface area contributed by atoms with Gasteiger partial charge in [-0.1, -0.05) is 0 Å². The Morgan fingerprint density at radius 2 is 1.36 bits per heavy atom. The van der Waals surface area contributed by atoms with Crippen LogP contribution in [0.2, 0.25) is 0 Å². The van der Waals surface area contributed by atoms with E-state index in [2.05, 4.69) is 23.3 Å². The quantitative estimate of drug-likeness (QED) is 0.200. The van der Waals surface area contributed by atoms with E-state index >= 15 is 0 Å². The van der Waals surface area contributed by atoms with E-state index in [4.69, 9.17) is 15.9 Å². The number of nitrogens with one attached hydrogen (secondary N) is 3. The van der Waals surface area contributed by atoms with E-state index in [-0.39, 0.29) is 5.75 Å². The third-order valence-corrected chi connectivity index (χ3v) is 3.42. The number of carbonyl (C=O) groups is 5. The van der Waals surface area contributed by atoms with Gasteiger partial charge in [-0.15, -0.1) is 0 Å². The van der Waals surface area contributed by atoms with Crippen molar-refractivity contribution in [1.29, 1.82) is 0 Å². The van der Waals surface area contributed by atoms with Crippen LogP contribution in [0.3, 0.4) is 0 Å². The van der Waals surface area contributed by atoms with Crippen molar-refractivity contribution in [3.63, 3.8) is 0 Å². The molecule has 0 spiro atoms. The Hall–Kier alpha value is -2.34. The van der Waals surface area contributed by atoms with E-state index in [9.17, 15) is 24.0 Å². The molecule has 0 aromatic carbocycles. The third-order valence-electron chi connectivity index (χ3n) is 3.03. The summed E-state index contributed by atoms with van der Waals surface area (Å²) in [5.74, 6) is -5.02. The lowest BCUT2D eigenvalue weighted by atomic mass is 10.2. The Kier molecular flexibility index (Phi) is 9.53. The molecule has 0 bridgehead atoms. The molecule has 0 aromatic rings. The van der Waals surface area contributed by atoms with Gasteiger partial charge in [-0.2, -0.15) is 12.6 Å². The van der Waals surface area contributed by atoms with Crippen LogP contribution < -0.4 is 21.7 Å². The van der Waals surface area contributed by atoms with Crippen LogP contribution in [0.5, 0.6) is 0 Å². The molecule has 12 heteroatoms. The predicted octanol–water partition coefficient (Wildman–Crippen LogP) is -2.70. The van der Waals surface area contributed by atoms with Crippen LogP contribution in [0.4, 0.5) is 0 Å². The van der Waals surface area contributed by atoms with E-state index < -0.39 is 60.2 Å². The Labute approximate surface area is 149 Å². The average Bonchev–Trinajstić information content (AvgIpc) is 2.52. The molecule has 0 rings (SSSR count). The van der Waals surface area contributed by atoms with Crippen molar-refractivity contribution in [1.82, 2.24) is 16.0 Å². The highest BCUT2D eigenvalue weighted by molar-refractivity contribution is 7.80. The Morgan fingerprint density at radius 1 is 0.920 bits per heavy atom. The summed E-state index contributed by atoms with van der Waals surface area (Å²) >= 11 is 3.85. The van der Waals surface area contributed by atoms with E-state index in [1.807, 2.05) is 5.32 Å². The van der Waals surface area contributed by atoms with Crippen LogP contribution >= 0.6 is 12.6 Å². The van der Waals surface area contributed by atoms with Crippen LogP contribution in [-0.2, 0) is 24.0 Å². The van der Waals surface area contributed by atoms with E-state index in [0.29, 0.717) is 0 Å². The molecule has 4 unspecified atom stereocenters. The fraction of sp³-hybridized carbons (Fsp3) is 0.615. The van der Waals surface area contributed by atoms with E-state index in [1.165, 1.54) is 13.8 Å². The van der Waals surface area contributed by atoms with Gasteiger partial charge >= 0.3 is 11.9 Å². The number of carboxylic acids is 2. The van der Waals surface area contributed by atoms with Crippen LogP contribution in [0.15, 0.2) is 0 Å². The van der Waals surface area contributed by atoms with Gasteiger partial charge in [0.2, 0.25) is 17.7 Å². The van der Waals surface area contributed by atoms with Crippen LogP contribution in [0.25, 0.3) is 0 Å². The molecule has 0 aromatic heterocycles. The Balaban J connectivity index is 4.64. The summed E-state index contributed by atoms with van der Waals surface area (Å²) in [6, 6.07) is -4.68. The van der Waals surface area contributed by atoms with Gasteiger partial charge in [0.15, 0.2) is 0 Å². The highest BCUT2D eigenvalue weighted by Gasteiger charge is 2.27. The maximum absolute atomic E-state index is 11.9. The van der Waals surface area contributed by atoms with Crippen molar-refractivity contribution in [2.24, 2.45) is 5.73 Å². The number of thiol groups is 1. The molecule has 25 heavy (non-hydrogen) atoms. The van der Waals surface area contributed by atoms with Gasteiger partial charge in [-0.05, 0) is 13.8 Å². The maximum atomic E-state index is 11.9. The van der Waals surface area contributed by atoms with E-state index in [0.717, 1.165) is 0 Å². The smallest absolute Gasteiger partial charge is 0.326 e. The number of hydrogen-bond acceptors (Lipinski definition) is 7. The number of aliphatic carboxylic acids is 2. The number of nitrogens with two attached hydrogens (primary N) is 1. The molecular weight excluding hydrogens is 356 g/mol. The summed E-state index contributed by atoms with van der Waals surface area (Å²) in [6.45, 7) is 2.65. The van der Waals surface area contributed by atoms with Crippen molar-refractivity contribution in [2.45, 2.75) is 44.4 Å². The van der Waals surface area contributed by atoms with Gasteiger partial charge in [-0.25, -0.2) is 4.79 Å². The van der Waals surface area contributed by atoms with Crippen molar-refractivity contribution in [2.75, 3.05) is 5.75 Å². The standard InChI is InChI=1S/C13H22N4O7S/c1-5(16-12(22)7(14)4-25)10(20)15-6(2)11(21)17-8(13(23)24)3-9(18)19/h5-8,25H,3-4,14H2,1-2H3,(H,15,20)(H,16,22)(H,17,21)(H,18,19)(H,23,24). The first-order valence-electron chi connectivity index (χ1n) is 7.21. The molecule has 0 radical (unpaired) electrons. The van der Waals surface area contributed by atoms with Crippen molar-refractivity contribution >= 4 is 42.3 Å². The molecule has 11 nitrogen and oxygen atoms in total. The lowest BCUT2D eigenvalue weighted by Gasteiger charge is -2.20. The van der Waals surface area contributed by atoms with Gasteiger partial charge in [-0.3, -0.25) is 19.2 Å². The number of carbonyl (C=O) groups excluding carboxylic acids is 3. The van der Waals surface area contributed by atoms with Crippen molar-refractivity contribution in [3.05, 3.63) is 0 Å². The predicted molar refractivity (Wildman–Crippen MR) is 88.9 cm³/mol. The molecular formula is C13H22N4O7S. The molecule has 4 atom stereocenters. The highest BCUT2D eigenvalue weighted by atomic mass is 32.1. The van der Waals surface area contributed by atoms with Crippen LogP contribution in [0.1, 0.15) is 20.3 Å². The van der Waals surface area contributed by atoms with Gasteiger partial charge in [0.25, 0.3) is 0 Å². The monoisotopic (exact) mass is 378 g/mol. The third kappa shape index (κ3) is 8.35. The second-order valence-corrected chi connectivity index (χ2v) is 5.61. The first-order chi connectivity index (χ1) is 11.5. The minimum atomic E-state index is -1.63. The molecule has 0 aliphatic heterocycles. The summed E-state index contributed by atoms with van der Waals surface area (Å²) in [5, 5.41) is 24.1. The lowest BCUT2D eigenvalue weighted by Crippen LogP contribution is -2.55. The van der Waals surface area contributed by atoms with E-state index in [1.54, 1.807) is 0 Å². The average molecular weight is 378 g/mol. The highest BCUT2D eigenvalue weighted by Crippen LogP contribution is 1.96. The van der Waals surface area contributed by atoms with Gasteiger partial charge in [0.1, 0.15) is 18.1 Å². The van der Waals surface area contributed by atoms with Crippen molar-refractivity contribution < 1.29 is 34.2 Å². The molecule has 0 aliphatic rings. The summed E-state index contributed by atoms with van der Waals surface area (Å²) in [7, 11) is 0. The topological polar surface area (TPSA) is 188 Å². The second kappa shape index (κ2) is 10.5. The minimum absolute atomic E-state index is 0.0825. The zero-order valence-corrected chi connectivity index (χ0v) is 14.6. The van der Waals surface area contributed by atoms with Gasteiger partial charge in [0.05, 0.1) is 12.5 Å². The summed E-state index contributed by atoms with van der Waals surface area (Å²) < 4.78 is 0. The molecule has 7 N–H and O–H groups in total. The molecule has 0 fully saturated rings. The molecule has 0 saturated heterocycles. The largest absolute Gasteiger partial charge is 0.481 e. The maximum Gasteiger partial charge on any atom is 0.326 e. The summed E-state index contributed by atoms with van der Waals surface area (Å²) in [5.41, 5.74) is 5.45. The Bertz CT molecular complexity index is 542. The molecule has 0 saturated carbocycles. The second-order valence-electron chi connectivity index (χ2n) is 5.25. The number of carboxylic acid groups (broad SMARTS) is 2. The van der Waals surface area contributed by atoms with Crippen molar-refractivity contribution in [3.8, 4) is 0 Å². The Morgan fingerprint density at radius 3 is 1.76 bits per heavy atom. The lowest BCUT2D eigenvalue weighted by molar-refractivity contribution is -0.147. The zero-order chi connectivity index (χ0) is 19.7. The molecule has 3 amide bonds. The number of amides is 3. The van der Waals surface area contributed by atoms with Crippen LogP contribution in [-0.4, -0.2) is 69.8 Å². The van der Waals surface area contributed by atoms with Gasteiger partial charge in [0, 0.05) is 5.75 Å². The fourth-order valence-corrected chi connectivity index (χ4v) is 1.71. The first kappa shape index (κ1) is 22.7. The summed E-state index contributed by atoms with van der Waals surface area (Å²) in [4.78, 5) is 56.8. The normalized spacial score (nSPS) is 15.2. The van der Waals surface area contributed by atoms with Gasteiger partial charge < -0.3 is 31.9 Å². The number of rotatable bonds is 10. The first-order valence-corrected chi connectivity index (χ1v) is 7.85. The van der Waals surface area contributed by atoms with Crippen LogP contribution in [0, 0.1) is 0 Å².